The highest BCUT2D eigenvalue weighted by molar-refractivity contribution is 5.64. The van der Waals surface area contributed by atoms with Crippen LogP contribution in [0, 0.1) is 5.21 Å². The molecule has 2 aliphatic rings. The Labute approximate surface area is 112 Å². The minimum Gasteiger partial charge on any atom is -0.624 e. The summed E-state index contributed by atoms with van der Waals surface area (Å²) >= 11 is 0. The van der Waals surface area contributed by atoms with E-state index in [0.29, 0.717) is 12.8 Å². The van der Waals surface area contributed by atoms with Gasteiger partial charge in [-0.1, -0.05) is 24.3 Å². The summed E-state index contributed by atoms with van der Waals surface area (Å²) in [5.41, 5.74) is 7.86. The van der Waals surface area contributed by atoms with Crippen molar-refractivity contribution in [2.75, 3.05) is 19.6 Å². The number of rotatable bonds is 0. The number of nitrogens with zero attached hydrogens (tertiary/aromatic N) is 1. The van der Waals surface area contributed by atoms with Gasteiger partial charge in [0.05, 0.1) is 13.1 Å². The summed E-state index contributed by atoms with van der Waals surface area (Å²) in [6, 6.07) is 7.62. The van der Waals surface area contributed by atoms with Crippen LogP contribution in [0.4, 0.5) is 4.79 Å². The maximum Gasteiger partial charge on any atom is 0.414 e. The number of nitrogens with two attached hydrogens (primary N) is 1. The van der Waals surface area contributed by atoms with E-state index < -0.39 is 10.7 Å². The number of piperidine rings is 1. The van der Waals surface area contributed by atoms with Crippen LogP contribution in [0.2, 0.25) is 0 Å². The molecule has 5 nitrogen and oxygen atoms in total. The van der Waals surface area contributed by atoms with Crippen LogP contribution < -0.4 is 11.1 Å². The molecule has 0 radical (unpaired) electrons. The van der Waals surface area contributed by atoms with E-state index in [0.717, 1.165) is 13.1 Å². The monoisotopic (exact) mass is 261 g/mol. The lowest BCUT2D eigenvalue weighted by Crippen LogP contribution is -2.60. The van der Waals surface area contributed by atoms with Crippen molar-refractivity contribution in [2.24, 2.45) is 5.73 Å². The number of likely N-dealkylation sites (tertiary alicyclic amines) is 1. The average Bonchev–Trinajstić information content (AvgIpc) is 2.43. The Kier molecular flexibility index (Phi) is 2.85. The molecule has 1 fully saturated rings. The molecule has 0 unspecified atom stereocenters. The summed E-state index contributed by atoms with van der Waals surface area (Å²) in [6.45, 7) is 2.32. The lowest BCUT2D eigenvalue weighted by atomic mass is 9.69. The second-order valence-corrected chi connectivity index (χ2v) is 5.72. The number of primary amides is 1. The van der Waals surface area contributed by atoms with Gasteiger partial charge in [0.1, 0.15) is 0 Å². The molecule has 0 bridgehead atoms. The molecular formula is C14H19N3O2. The Bertz CT molecular complexity index is 507. The first-order valence-corrected chi connectivity index (χ1v) is 6.73. The first kappa shape index (κ1) is 12.6. The second-order valence-electron chi connectivity index (χ2n) is 5.72. The Morgan fingerprint density at radius 1 is 1.32 bits per heavy atom. The van der Waals surface area contributed by atoms with Crippen molar-refractivity contribution in [2.45, 2.75) is 24.8 Å². The Balaban J connectivity index is 1.90. The van der Waals surface area contributed by atoms with Gasteiger partial charge in [0.15, 0.2) is 0 Å². The molecule has 0 aliphatic carbocycles. The molecule has 0 atom stereocenters. The number of hydroxylamine groups is 3. The van der Waals surface area contributed by atoms with Crippen LogP contribution in [0.1, 0.15) is 24.0 Å². The molecule has 102 valence electrons. The van der Waals surface area contributed by atoms with E-state index in [-0.39, 0.29) is 18.5 Å². The number of carbonyl (C=O) groups excluding carboxylic acids is 1. The van der Waals surface area contributed by atoms with Crippen LogP contribution in [0.15, 0.2) is 24.3 Å². The van der Waals surface area contributed by atoms with Crippen LogP contribution in [0.5, 0.6) is 0 Å². The fraction of sp³-hybridized carbons (Fsp3) is 0.500. The summed E-state index contributed by atoms with van der Waals surface area (Å²) in [5, 5.41) is 15.6. The van der Waals surface area contributed by atoms with E-state index in [1.54, 1.807) is 0 Å². The smallest absolute Gasteiger partial charge is 0.414 e. The number of fused-ring (bicyclic) bond motifs is 2. The van der Waals surface area contributed by atoms with Crippen molar-refractivity contribution in [3.05, 3.63) is 40.6 Å². The average molecular weight is 261 g/mol. The van der Waals surface area contributed by atoms with Gasteiger partial charge >= 0.3 is 6.03 Å². The molecule has 1 saturated heterocycles. The Morgan fingerprint density at radius 2 is 2.00 bits per heavy atom. The van der Waals surface area contributed by atoms with Gasteiger partial charge in [0.25, 0.3) is 0 Å². The minimum absolute atomic E-state index is 0.00352. The molecule has 3 rings (SSSR count). The number of amides is 2. The van der Waals surface area contributed by atoms with Gasteiger partial charge in [-0.3, -0.25) is 4.65 Å². The summed E-state index contributed by atoms with van der Waals surface area (Å²) in [5.74, 6) is 0. The molecule has 1 aromatic carbocycles. The van der Waals surface area contributed by atoms with Gasteiger partial charge in [0.2, 0.25) is 0 Å². The highest BCUT2D eigenvalue weighted by Crippen LogP contribution is 2.40. The molecule has 1 aromatic rings. The normalized spacial score (nSPS) is 33.9. The predicted molar refractivity (Wildman–Crippen MR) is 72.0 cm³/mol. The van der Waals surface area contributed by atoms with Crippen LogP contribution in [0.25, 0.3) is 0 Å². The van der Waals surface area contributed by atoms with E-state index in [4.69, 9.17) is 5.73 Å². The fourth-order valence-corrected chi connectivity index (χ4v) is 3.42. The third-order valence-electron chi connectivity index (χ3n) is 4.67. The largest absolute Gasteiger partial charge is 0.624 e. The zero-order chi connectivity index (χ0) is 13.5. The lowest BCUT2D eigenvalue weighted by Gasteiger charge is -2.50. The minimum atomic E-state index is -0.871. The first-order valence-electron chi connectivity index (χ1n) is 6.73. The molecule has 0 saturated carbocycles. The van der Waals surface area contributed by atoms with E-state index >= 15 is 0 Å². The highest BCUT2D eigenvalue weighted by Gasteiger charge is 2.44. The lowest BCUT2D eigenvalue weighted by molar-refractivity contribution is -0.806. The van der Waals surface area contributed by atoms with Crippen LogP contribution >= 0.6 is 0 Å². The summed E-state index contributed by atoms with van der Waals surface area (Å²) in [7, 11) is 0. The van der Waals surface area contributed by atoms with Gasteiger partial charge in [-0.25, -0.2) is 4.79 Å². The SMILES string of the molecule is NC(=O)[N+]1([O-])CCC2(CC1)CNCc1ccccc12. The number of nitrogens with one attached hydrogen (secondary N) is 1. The van der Waals surface area contributed by atoms with E-state index in [1.165, 1.54) is 11.1 Å². The van der Waals surface area contributed by atoms with E-state index in [2.05, 4.69) is 17.4 Å². The van der Waals surface area contributed by atoms with Crippen molar-refractivity contribution in [3.8, 4) is 0 Å². The number of benzene rings is 1. The van der Waals surface area contributed by atoms with Gasteiger partial charge < -0.3 is 16.3 Å². The third kappa shape index (κ3) is 1.94. The van der Waals surface area contributed by atoms with Crippen LogP contribution in [-0.4, -0.2) is 30.3 Å². The maximum atomic E-state index is 12.2. The molecule has 5 heteroatoms. The zero-order valence-electron chi connectivity index (χ0n) is 10.9. The number of hydrogen-bond acceptors (Lipinski definition) is 3. The number of quaternary nitrogens is 1. The Morgan fingerprint density at radius 3 is 2.68 bits per heavy atom. The zero-order valence-corrected chi connectivity index (χ0v) is 10.9. The van der Waals surface area contributed by atoms with Crippen molar-refractivity contribution in [1.82, 2.24) is 5.32 Å². The molecule has 3 N–H and O–H groups in total. The first-order chi connectivity index (χ1) is 9.06. The second kappa shape index (κ2) is 4.30. The predicted octanol–water partition coefficient (Wildman–Crippen LogP) is 1.21. The third-order valence-corrected chi connectivity index (χ3v) is 4.67. The van der Waals surface area contributed by atoms with Crippen molar-refractivity contribution < 1.29 is 9.44 Å². The number of urea groups is 1. The molecule has 0 aromatic heterocycles. The van der Waals surface area contributed by atoms with Gasteiger partial charge in [-0.2, -0.15) is 0 Å². The summed E-state index contributed by atoms with van der Waals surface area (Å²) in [6.07, 6.45) is 1.42. The van der Waals surface area contributed by atoms with Crippen molar-refractivity contribution in [1.29, 1.82) is 0 Å². The van der Waals surface area contributed by atoms with Gasteiger partial charge in [-0.05, 0) is 11.1 Å². The number of hydrogen-bond donors (Lipinski definition) is 2. The van der Waals surface area contributed by atoms with Gasteiger partial charge in [0, 0.05) is 31.3 Å². The van der Waals surface area contributed by atoms with Crippen molar-refractivity contribution in [3.63, 3.8) is 0 Å². The summed E-state index contributed by atoms with van der Waals surface area (Å²) < 4.78 is -0.871. The topological polar surface area (TPSA) is 78.2 Å². The van der Waals surface area contributed by atoms with Gasteiger partial charge in [-0.15, -0.1) is 0 Å². The number of carbonyl (C=O) groups is 1. The molecular weight excluding hydrogens is 242 g/mol. The fourth-order valence-electron chi connectivity index (χ4n) is 3.42. The Hall–Kier alpha value is -1.43. The molecule has 19 heavy (non-hydrogen) atoms. The van der Waals surface area contributed by atoms with Crippen molar-refractivity contribution >= 4 is 6.03 Å². The van der Waals surface area contributed by atoms with E-state index in [9.17, 15) is 10.0 Å². The van der Waals surface area contributed by atoms with E-state index in [1.807, 2.05) is 12.1 Å². The summed E-state index contributed by atoms with van der Waals surface area (Å²) in [4.78, 5) is 11.3. The molecule has 2 aliphatic heterocycles. The molecule has 2 heterocycles. The maximum absolute atomic E-state index is 12.2. The van der Waals surface area contributed by atoms with Crippen LogP contribution in [0.3, 0.4) is 0 Å². The molecule has 2 amide bonds. The standard InChI is InChI=1S/C14H19N3O2/c15-13(18)17(19)7-5-14(6-8-17)10-16-9-11-3-1-2-4-12(11)14/h1-4,16H,5-10H2,(H2,15,18). The quantitative estimate of drug-likeness (QED) is 0.544. The molecule has 1 spiro atoms. The van der Waals surface area contributed by atoms with Crippen LogP contribution in [-0.2, 0) is 12.0 Å². The highest BCUT2D eigenvalue weighted by atomic mass is 16.6.